The first-order valence-corrected chi connectivity index (χ1v) is 4.62. The van der Waals surface area contributed by atoms with Gasteiger partial charge in [-0.1, -0.05) is 24.3 Å². The summed E-state index contributed by atoms with van der Waals surface area (Å²) in [6.45, 7) is 0. The highest BCUT2D eigenvalue weighted by Crippen LogP contribution is 2.06. The number of allylic oxidation sites excluding steroid dienone is 4. The van der Waals surface area contributed by atoms with Crippen LogP contribution in [0.4, 0.5) is 0 Å². The molecule has 0 aromatic carbocycles. The summed E-state index contributed by atoms with van der Waals surface area (Å²) in [5.74, 6) is 0. The van der Waals surface area contributed by atoms with Crippen LogP contribution in [0.3, 0.4) is 0 Å². The molecule has 1 rings (SSSR count). The van der Waals surface area contributed by atoms with Gasteiger partial charge >= 0.3 is 0 Å². The lowest BCUT2D eigenvalue weighted by Gasteiger charge is -1.92. The molecular weight excluding hydrogens is 132 g/mol. The molecule has 0 unspecified atom stereocenters. The van der Waals surface area contributed by atoms with E-state index in [-0.39, 0.29) is 0 Å². The SMILES string of the molecule is [CH]1C/C=C/CC/C=C\CCC1. The lowest BCUT2D eigenvalue weighted by atomic mass is 10.1. The molecule has 0 heteroatoms. The minimum atomic E-state index is 1.17. The van der Waals surface area contributed by atoms with Crippen molar-refractivity contribution in [2.45, 2.75) is 38.5 Å². The highest BCUT2D eigenvalue weighted by molar-refractivity contribution is 4.92. The monoisotopic (exact) mass is 149 g/mol. The van der Waals surface area contributed by atoms with Crippen molar-refractivity contribution in [3.63, 3.8) is 0 Å². The van der Waals surface area contributed by atoms with Crippen molar-refractivity contribution in [1.29, 1.82) is 0 Å². The molecule has 1 aliphatic carbocycles. The Morgan fingerprint density at radius 3 is 2.27 bits per heavy atom. The molecule has 61 valence electrons. The van der Waals surface area contributed by atoms with Crippen LogP contribution in [0.2, 0.25) is 0 Å². The molecule has 0 aliphatic heterocycles. The van der Waals surface area contributed by atoms with Gasteiger partial charge in [-0.05, 0) is 44.9 Å². The van der Waals surface area contributed by atoms with Gasteiger partial charge in [0.2, 0.25) is 0 Å². The largest absolute Gasteiger partial charge is 0.0885 e. The topological polar surface area (TPSA) is 0 Å². The summed E-state index contributed by atoms with van der Waals surface area (Å²) in [6.07, 6.45) is 19.0. The zero-order valence-corrected chi connectivity index (χ0v) is 7.13. The highest BCUT2D eigenvalue weighted by atomic mass is 13.9. The summed E-state index contributed by atoms with van der Waals surface area (Å²) in [4.78, 5) is 0. The molecule has 1 aliphatic rings. The van der Waals surface area contributed by atoms with Crippen LogP contribution < -0.4 is 0 Å². The van der Waals surface area contributed by atoms with Gasteiger partial charge < -0.3 is 0 Å². The maximum Gasteiger partial charge on any atom is -0.0316 e. The second-order valence-corrected chi connectivity index (χ2v) is 2.98. The molecule has 11 heavy (non-hydrogen) atoms. The van der Waals surface area contributed by atoms with Gasteiger partial charge in [0.05, 0.1) is 0 Å². The van der Waals surface area contributed by atoms with Crippen molar-refractivity contribution in [1.82, 2.24) is 0 Å². The zero-order chi connectivity index (χ0) is 7.78. The molecule has 0 aromatic heterocycles. The quantitative estimate of drug-likeness (QED) is 0.461. The van der Waals surface area contributed by atoms with E-state index in [0.717, 1.165) is 0 Å². The average molecular weight is 149 g/mol. The number of rotatable bonds is 0. The van der Waals surface area contributed by atoms with Gasteiger partial charge in [-0.15, -0.1) is 0 Å². The number of hydrogen-bond donors (Lipinski definition) is 0. The van der Waals surface area contributed by atoms with Crippen molar-refractivity contribution in [3.8, 4) is 0 Å². The van der Waals surface area contributed by atoms with Crippen molar-refractivity contribution < 1.29 is 0 Å². The van der Waals surface area contributed by atoms with E-state index < -0.39 is 0 Å². The van der Waals surface area contributed by atoms with E-state index in [9.17, 15) is 0 Å². The number of hydrogen-bond acceptors (Lipinski definition) is 0. The van der Waals surface area contributed by atoms with Crippen molar-refractivity contribution in [3.05, 3.63) is 30.7 Å². The van der Waals surface area contributed by atoms with E-state index in [1.165, 1.54) is 38.5 Å². The van der Waals surface area contributed by atoms with Gasteiger partial charge in [-0.2, -0.15) is 0 Å². The zero-order valence-electron chi connectivity index (χ0n) is 7.13. The van der Waals surface area contributed by atoms with Gasteiger partial charge in [-0.3, -0.25) is 0 Å². The fourth-order valence-electron chi connectivity index (χ4n) is 1.24. The minimum absolute atomic E-state index is 1.17. The van der Waals surface area contributed by atoms with Crippen LogP contribution in [0.1, 0.15) is 38.5 Å². The Morgan fingerprint density at radius 2 is 1.36 bits per heavy atom. The molecule has 0 saturated heterocycles. The van der Waals surface area contributed by atoms with E-state index in [1.807, 2.05) is 0 Å². The Labute approximate surface area is 70.0 Å². The van der Waals surface area contributed by atoms with Crippen LogP contribution in [-0.4, -0.2) is 0 Å². The van der Waals surface area contributed by atoms with Gasteiger partial charge in [0.1, 0.15) is 0 Å². The Bertz CT molecular complexity index is 115. The molecule has 0 heterocycles. The second-order valence-electron chi connectivity index (χ2n) is 2.98. The summed E-state index contributed by atoms with van der Waals surface area (Å²) in [5, 5.41) is 0. The van der Waals surface area contributed by atoms with Crippen LogP contribution >= 0.6 is 0 Å². The lowest BCUT2D eigenvalue weighted by Crippen LogP contribution is -1.74. The maximum absolute atomic E-state index is 2.37. The normalized spacial score (nSPS) is 26.9. The van der Waals surface area contributed by atoms with Crippen LogP contribution in [-0.2, 0) is 0 Å². The Balaban J connectivity index is 2.22. The molecule has 0 amide bonds. The lowest BCUT2D eigenvalue weighted by molar-refractivity contribution is 0.811. The van der Waals surface area contributed by atoms with Crippen molar-refractivity contribution >= 4 is 0 Å². The molecule has 0 atom stereocenters. The average Bonchev–Trinajstić information content (AvgIpc) is 2.08. The van der Waals surface area contributed by atoms with Crippen molar-refractivity contribution in [2.75, 3.05) is 0 Å². The molecule has 0 aromatic rings. The van der Waals surface area contributed by atoms with E-state index in [0.29, 0.717) is 0 Å². The first-order valence-electron chi connectivity index (χ1n) is 4.62. The predicted molar refractivity (Wildman–Crippen MR) is 50.3 cm³/mol. The molecule has 0 bridgehead atoms. The summed E-state index contributed by atoms with van der Waals surface area (Å²) < 4.78 is 0. The molecule has 0 N–H and O–H groups in total. The molecule has 0 spiro atoms. The fourth-order valence-corrected chi connectivity index (χ4v) is 1.24. The molecule has 1 radical (unpaired) electrons. The molecule has 0 saturated carbocycles. The fraction of sp³-hybridized carbons (Fsp3) is 0.545. The first kappa shape index (κ1) is 8.58. The molecule has 0 nitrogen and oxygen atoms in total. The highest BCUT2D eigenvalue weighted by Gasteiger charge is 1.87. The van der Waals surface area contributed by atoms with Crippen LogP contribution in [0.15, 0.2) is 24.3 Å². The first-order chi connectivity index (χ1) is 5.50. The summed E-state index contributed by atoms with van der Waals surface area (Å²) in [7, 11) is 0. The van der Waals surface area contributed by atoms with E-state index >= 15 is 0 Å². The smallest absolute Gasteiger partial charge is 0.0316 e. The summed E-state index contributed by atoms with van der Waals surface area (Å²) >= 11 is 0. The third-order valence-electron chi connectivity index (χ3n) is 1.92. The Kier molecular flexibility index (Phi) is 4.84. The molecule has 0 fully saturated rings. The van der Waals surface area contributed by atoms with E-state index in [1.54, 1.807) is 0 Å². The minimum Gasteiger partial charge on any atom is -0.0885 e. The standard InChI is InChI=1S/C11H17/c1-2-4-6-8-10-11-9-7-5-3-1/h1-2,5,8,10H,3-4,6-7,9,11H2/b2-1+,10-8-. The Hall–Kier alpha value is -0.520. The van der Waals surface area contributed by atoms with Gasteiger partial charge in [0, 0.05) is 0 Å². The summed E-state index contributed by atoms with van der Waals surface area (Å²) in [6, 6.07) is 0. The van der Waals surface area contributed by atoms with Gasteiger partial charge in [-0.25, -0.2) is 0 Å². The predicted octanol–water partition coefficient (Wildman–Crippen LogP) is 3.66. The third-order valence-corrected chi connectivity index (χ3v) is 1.92. The van der Waals surface area contributed by atoms with Crippen molar-refractivity contribution in [2.24, 2.45) is 0 Å². The second kappa shape index (κ2) is 6.21. The van der Waals surface area contributed by atoms with E-state index in [4.69, 9.17) is 0 Å². The van der Waals surface area contributed by atoms with Gasteiger partial charge in [0.15, 0.2) is 0 Å². The summed E-state index contributed by atoms with van der Waals surface area (Å²) in [5.41, 5.74) is 0. The Morgan fingerprint density at radius 1 is 0.636 bits per heavy atom. The van der Waals surface area contributed by atoms with Gasteiger partial charge in [0.25, 0.3) is 0 Å². The van der Waals surface area contributed by atoms with Crippen LogP contribution in [0.25, 0.3) is 0 Å². The van der Waals surface area contributed by atoms with Crippen LogP contribution in [0, 0.1) is 6.42 Å². The third kappa shape index (κ3) is 4.83. The molecular formula is C11H17. The maximum atomic E-state index is 2.37. The van der Waals surface area contributed by atoms with E-state index in [2.05, 4.69) is 30.7 Å². The van der Waals surface area contributed by atoms with Crippen LogP contribution in [0.5, 0.6) is 0 Å².